The van der Waals surface area contributed by atoms with Crippen LogP contribution in [0.3, 0.4) is 0 Å². The lowest BCUT2D eigenvalue weighted by Gasteiger charge is -2.10. The zero-order chi connectivity index (χ0) is 16.9. The van der Waals surface area contributed by atoms with Crippen molar-refractivity contribution in [2.45, 2.75) is 20.5 Å². The van der Waals surface area contributed by atoms with E-state index in [4.69, 9.17) is 4.74 Å². The number of aryl methyl sites for hydroxylation is 2. The highest BCUT2D eigenvalue weighted by Crippen LogP contribution is 2.19. The molecule has 1 amide bonds. The Kier molecular flexibility index (Phi) is 4.91. The van der Waals surface area contributed by atoms with Crippen LogP contribution >= 0.6 is 11.3 Å². The van der Waals surface area contributed by atoms with Gasteiger partial charge in [-0.05, 0) is 55.3 Å². The van der Waals surface area contributed by atoms with Gasteiger partial charge in [-0.25, -0.2) is 4.98 Å². The number of thiazole rings is 1. The normalized spacial score (nSPS) is 10.4. The largest absolute Gasteiger partial charge is 0.487 e. The maximum atomic E-state index is 12.4. The Balaban J connectivity index is 1.64. The number of aromatic nitrogens is 1. The van der Waals surface area contributed by atoms with Crippen molar-refractivity contribution in [2.75, 3.05) is 5.32 Å². The van der Waals surface area contributed by atoms with Gasteiger partial charge in [-0.2, -0.15) is 0 Å². The Labute approximate surface area is 145 Å². The number of hydrogen-bond acceptors (Lipinski definition) is 4. The number of anilines is 1. The number of hydrogen-bond donors (Lipinski definition) is 1. The van der Waals surface area contributed by atoms with Crippen LogP contribution in [0.5, 0.6) is 5.75 Å². The molecule has 0 radical (unpaired) electrons. The van der Waals surface area contributed by atoms with Crippen molar-refractivity contribution in [3.8, 4) is 5.75 Å². The van der Waals surface area contributed by atoms with E-state index in [9.17, 15) is 4.79 Å². The van der Waals surface area contributed by atoms with Gasteiger partial charge in [-0.3, -0.25) is 4.79 Å². The van der Waals surface area contributed by atoms with Crippen LogP contribution in [0, 0.1) is 13.8 Å². The van der Waals surface area contributed by atoms with E-state index in [0.717, 1.165) is 22.5 Å². The zero-order valence-electron chi connectivity index (χ0n) is 13.6. The molecule has 0 unspecified atom stereocenters. The highest BCUT2D eigenvalue weighted by Gasteiger charge is 2.08. The molecule has 0 bridgehead atoms. The second-order valence-electron chi connectivity index (χ2n) is 5.57. The molecule has 0 spiro atoms. The number of rotatable bonds is 5. The molecule has 1 heterocycles. The second kappa shape index (κ2) is 7.27. The lowest BCUT2D eigenvalue weighted by atomic mass is 10.1. The van der Waals surface area contributed by atoms with Crippen molar-refractivity contribution in [3.63, 3.8) is 0 Å². The highest BCUT2D eigenvalue weighted by molar-refractivity contribution is 7.07. The molecule has 3 aromatic rings. The highest BCUT2D eigenvalue weighted by atomic mass is 32.1. The average molecular weight is 338 g/mol. The van der Waals surface area contributed by atoms with Gasteiger partial charge in [-0.15, -0.1) is 11.3 Å². The topological polar surface area (TPSA) is 51.2 Å². The van der Waals surface area contributed by atoms with E-state index in [1.165, 1.54) is 0 Å². The summed E-state index contributed by atoms with van der Waals surface area (Å²) in [5.41, 5.74) is 6.26. The van der Waals surface area contributed by atoms with Gasteiger partial charge in [0, 0.05) is 16.6 Å². The summed E-state index contributed by atoms with van der Waals surface area (Å²) >= 11 is 1.54. The maximum Gasteiger partial charge on any atom is 0.255 e. The third kappa shape index (κ3) is 4.00. The molecule has 0 saturated heterocycles. The Morgan fingerprint density at radius 3 is 2.67 bits per heavy atom. The number of carbonyl (C=O) groups is 1. The van der Waals surface area contributed by atoms with Crippen molar-refractivity contribution in [1.29, 1.82) is 0 Å². The molecule has 3 rings (SSSR count). The monoisotopic (exact) mass is 338 g/mol. The van der Waals surface area contributed by atoms with Gasteiger partial charge in [0.2, 0.25) is 0 Å². The second-order valence-corrected chi connectivity index (χ2v) is 6.28. The number of nitrogens with one attached hydrogen (secondary N) is 1. The summed E-state index contributed by atoms with van der Waals surface area (Å²) in [6.07, 6.45) is 0. The molecule has 5 heteroatoms. The van der Waals surface area contributed by atoms with Crippen LogP contribution in [0.15, 0.2) is 53.4 Å². The minimum atomic E-state index is -0.130. The van der Waals surface area contributed by atoms with Gasteiger partial charge in [0.1, 0.15) is 12.4 Å². The lowest BCUT2D eigenvalue weighted by molar-refractivity contribution is 0.102. The fourth-order valence-electron chi connectivity index (χ4n) is 2.23. The van der Waals surface area contributed by atoms with Gasteiger partial charge in [-0.1, -0.05) is 12.1 Å². The van der Waals surface area contributed by atoms with Crippen LogP contribution < -0.4 is 10.1 Å². The summed E-state index contributed by atoms with van der Waals surface area (Å²) in [4.78, 5) is 16.5. The van der Waals surface area contributed by atoms with Crippen LogP contribution in [-0.2, 0) is 6.61 Å². The quantitative estimate of drug-likeness (QED) is 0.740. The van der Waals surface area contributed by atoms with Gasteiger partial charge in [0.05, 0.1) is 11.2 Å². The molecule has 0 aliphatic rings. The Morgan fingerprint density at radius 2 is 1.96 bits per heavy atom. The van der Waals surface area contributed by atoms with Crippen LogP contribution in [0.25, 0.3) is 0 Å². The van der Waals surface area contributed by atoms with Gasteiger partial charge >= 0.3 is 0 Å². The summed E-state index contributed by atoms with van der Waals surface area (Å²) in [5, 5.41) is 4.90. The van der Waals surface area contributed by atoms with Crippen molar-refractivity contribution < 1.29 is 9.53 Å². The predicted molar refractivity (Wildman–Crippen MR) is 96.8 cm³/mol. The Hall–Kier alpha value is -2.66. The number of ether oxygens (including phenoxy) is 1. The van der Waals surface area contributed by atoms with E-state index in [1.54, 1.807) is 41.1 Å². The van der Waals surface area contributed by atoms with Crippen LogP contribution in [-0.4, -0.2) is 10.9 Å². The van der Waals surface area contributed by atoms with Crippen molar-refractivity contribution in [1.82, 2.24) is 4.98 Å². The molecule has 0 saturated carbocycles. The number of amides is 1. The van der Waals surface area contributed by atoms with Crippen LogP contribution in [0.2, 0.25) is 0 Å². The van der Waals surface area contributed by atoms with E-state index in [1.807, 2.05) is 37.4 Å². The Morgan fingerprint density at radius 1 is 1.17 bits per heavy atom. The molecule has 0 fully saturated rings. The van der Waals surface area contributed by atoms with E-state index >= 15 is 0 Å². The molecule has 1 N–H and O–H groups in total. The summed E-state index contributed by atoms with van der Waals surface area (Å²) in [7, 11) is 0. The Bertz CT molecular complexity index is 827. The van der Waals surface area contributed by atoms with Gasteiger partial charge in [0.25, 0.3) is 5.91 Å². The lowest BCUT2D eigenvalue weighted by Crippen LogP contribution is -2.12. The average Bonchev–Trinajstić information content (AvgIpc) is 3.10. The molecule has 24 heavy (non-hydrogen) atoms. The molecule has 0 aliphatic carbocycles. The summed E-state index contributed by atoms with van der Waals surface area (Å²) < 4.78 is 5.65. The fourth-order valence-corrected chi connectivity index (χ4v) is 2.78. The minimum Gasteiger partial charge on any atom is -0.487 e. The van der Waals surface area contributed by atoms with E-state index in [-0.39, 0.29) is 5.91 Å². The third-order valence-corrected chi connectivity index (χ3v) is 4.26. The van der Waals surface area contributed by atoms with E-state index in [0.29, 0.717) is 17.9 Å². The molecule has 0 atom stereocenters. The first-order valence-electron chi connectivity index (χ1n) is 7.60. The van der Waals surface area contributed by atoms with Crippen LogP contribution in [0.4, 0.5) is 5.69 Å². The SMILES string of the molecule is Cc1ccc(C)c(NC(=O)c2ccc(OCc3cscn3)cc2)c1. The maximum absolute atomic E-state index is 12.4. The first kappa shape index (κ1) is 16.2. The summed E-state index contributed by atoms with van der Waals surface area (Å²) in [6, 6.07) is 13.1. The smallest absolute Gasteiger partial charge is 0.255 e. The number of nitrogens with zero attached hydrogens (tertiary/aromatic N) is 1. The molecular formula is C19H18N2O2S. The van der Waals surface area contributed by atoms with Crippen LogP contribution in [0.1, 0.15) is 27.2 Å². The van der Waals surface area contributed by atoms with Crippen molar-refractivity contribution in [3.05, 3.63) is 75.7 Å². The number of carbonyl (C=O) groups excluding carboxylic acids is 1. The first-order chi connectivity index (χ1) is 11.6. The van der Waals surface area contributed by atoms with Gasteiger partial charge < -0.3 is 10.1 Å². The third-order valence-electron chi connectivity index (χ3n) is 3.63. The molecule has 4 nitrogen and oxygen atoms in total. The molecule has 2 aromatic carbocycles. The fraction of sp³-hybridized carbons (Fsp3) is 0.158. The van der Waals surface area contributed by atoms with E-state index < -0.39 is 0 Å². The molecule has 0 aliphatic heterocycles. The molecule has 1 aromatic heterocycles. The van der Waals surface area contributed by atoms with Crippen molar-refractivity contribution in [2.24, 2.45) is 0 Å². The predicted octanol–water partition coefficient (Wildman–Crippen LogP) is 4.59. The van der Waals surface area contributed by atoms with Gasteiger partial charge in [0.15, 0.2) is 0 Å². The standard InChI is InChI=1S/C19H18N2O2S/c1-13-3-4-14(2)18(9-13)21-19(22)15-5-7-17(8-6-15)23-10-16-11-24-12-20-16/h3-9,11-12H,10H2,1-2H3,(H,21,22). The molecule has 122 valence electrons. The molecular weight excluding hydrogens is 320 g/mol. The van der Waals surface area contributed by atoms with E-state index in [2.05, 4.69) is 10.3 Å². The minimum absolute atomic E-state index is 0.130. The zero-order valence-corrected chi connectivity index (χ0v) is 14.4. The number of benzene rings is 2. The summed E-state index contributed by atoms with van der Waals surface area (Å²) in [5.74, 6) is 0.584. The van der Waals surface area contributed by atoms with Crippen molar-refractivity contribution >= 4 is 22.9 Å². The summed E-state index contributed by atoms with van der Waals surface area (Å²) in [6.45, 7) is 4.41. The first-order valence-corrected chi connectivity index (χ1v) is 8.54.